The Labute approximate surface area is 236 Å². The van der Waals surface area contributed by atoms with Crippen molar-refractivity contribution < 1.29 is 33.7 Å². The van der Waals surface area contributed by atoms with Crippen molar-refractivity contribution in [3.05, 3.63) is 58.6 Å². The molecule has 1 aromatic heterocycles. The molecule has 2 aromatic carbocycles. The first-order valence-corrected chi connectivity index (χ1v) is 13.1. The molecule has 2 heterocycles. The zero-order valence-corrected chi connectivity index (χ0v) is 23.4. The second-order valence-electron chi connectivity index (χ2n) is 11.2. The van der Waals surface area contributed by atoms with E-state index in [9.17, 15) is 29.9 Å². The van der Waals surface area contributed by atoms with Crippen molar-refractivity contribution in [3.63, 3.8) is 0 Å². The van der Waals surface area contributed by atoms with Crippen LogP contribution < -0.4 is 11.1 Å². The molecule has 4 rings (SSSR count). The van der Waals surface area contributed by atoms with E-state index < -0.39 is 54.3 Å². The van der Waals surface area contributed by atoms with Gasteiger partial charge >= 0.3 is 11.8 Å². The van der Waals surface area contributed by atoms with Crippen LogP contribution in [0.5, 0.6) is 0 Å². The zero-order chi connectivity index (χ0) is 29.9. The Bertz CT molecular complexity index is 1510. The lowest BCUT2D eigenvalue weighted by atomic mass is 10.0. The Morgan fingerprint density at radius 1 is 1.22 bits per heavy atom. The largest absolute Gasteiger partial charge is 0.444 e. The SMILES string of the molecule is Cn1c(=O)oc2ccc(-c3ccc(C[C@@H](C#N)NC(=O)[C@@H]4CN(C(=O)OC(C)(C)C)C[C@](O)(CO)CO4)cc3)cc21. The molecule has 0 aliphatic carbocycles. The van der Waals surface area contributed by atoms with Crippen LogP contribution in [0.3, 0.4) is 0 Å². The summed E-state index contributed by atoms with van der Waals surface area (Å²) in [7, 11) is 1.64. The molecule has 0 saturated carbocycles. The van der Waals surface area contributed by atoms with Gasteiger partial charge in [0.05, 0.1) is 37.9 Å². The van der Waals surface area contributed by atoms with Gasteiger partial charge in [-0.05, 0) is 49.6 Å². The fraction of sp³-hybridized carbons (Fsp3) is 0.448. The van der Waals surface area contributed by atoms with Crippen LogP contribution in [0, 0.1) is 11.3 Å². The van der Waals surface area contributed by atoms with E-state index in [0.717, 1.165) is 21.6 Å². The van der Waals surface area contributed by atoms with Gasteiger partial charge in [-0.25, -0.2) is 9.59 Å². The second-order valence-corrected chi connectivity index (χ2v) is 11.2. The Hall–Kier alpha value is -4.18. The van der Waals surface area contributed by atoms with Crippen molar-refractivity contribution in [2.24, 2.45) is 7.05 Å². The summed E-state index contributed by atoms with van der Waals surface area (Å²) in [6.07, 6.45) is -1.75. The van der Waals surface area contributed by atoms with Gasteiger partial charge in [0, 0.05) is 13.5 Å². The van der Waals surface area contributed by atoms with Crippen LogP contribution in [0.15, 0.2) is 51.7 Å². The number of aliphatic hydroxyl groups is 2. The maximum absolute atomic E-state index is 13.1. The summed E-state index contributed by atoms with van der Waals surface area (Å²) in [6.45, 7) is 3.46. The number of aliphatic hydroxyl groups excluding tert-OH is 1. The summed E-state index contributed by atoms with van der Waals surface area (Å²) in [5.74, 6) is -1.07. The normalized spacial score (nSPS) is 20.2. The maximum atomic E-state index is 13.1. The molecular formula is C29H34N4O8. The number of carbonyl (C=O) groups excluding carboxylic acids is 2. The molecule has 3 aromatic rings. The molecule has 3 N–H and O–H groups in total. The van der Waals surface area contributed by atoms with Crippen molar-refractivity contribution in [1.82, 2.24) is 14.8 Å². The van der Waals surface area contributed by atoms with E-state index in [-0.39, 0.29) is 19.5 Å². The number of aryl methyl sites for hydroxylation is 1. The molecule has 1 saturated heterocycles. The van der Waals surface area contributed by atoms with E-state index in [1.807, 2.05) is 36.4 Å². The molecule has 12 heteroatoms. The standard InChI is InChI=1S/C29H34N4O8/c1-28(2,3)41-27(37)33-14-24(39-17-29(38,15-33)16-34)25(35)31-21(13-30)11-18-5-7-19(8-6-18)20-9-10-23-22(12-20)32(4)26(36)40-23/h5-10,12,21,24,34,38H,11,14-17H2,1-4H3,(H,31,35)/t21-,24-,29-/m0/s1. The predicted molar refractivity (Wildman–Crippen MR) is 148 cm³/mol. The minimum absolute atomic E-state index is 0.209. The molecule has 218 valence electrons. The first kappa shape index (κ1) is 29.8. The Morgan fingerprint density at radius 2 is 1.90 bits per heavy atom. The monoisotopic (exact) mass is 566 g/mol. The predicted octanol–water partition coefficient (Wildman–Crippen LogP) is 1.71. The number of fused-ring (bicyclic) bond motifs is 1. The summed E-state index contributed by atoms with van der Waals surface area (Å²) in [5, 5.41) is 32.7. The topological polar surface area (TPSA) is 167 Å². The number of β-amino-alcohol motifs (C(OH)–C–C–N with tert-alkyl or cyclic N) is 1. The first-order valence-electron chi connectivity index (χ1n) is 13.1. The molecule has 0 radical (unpaired) electrons. The fourth-order valence-electron chi connectivity index (χ4n) is 4.46. The summed E-state index contributed by atoms with van der Waals surface area (Å²) in [6, 6.07) is 14.1. The van der Waals surface area contributed by atoms with Crippen LogP contribution in [-0.2, 0) is 27.7 Å². The Balaban J connectivity index is 1.43. The van der Waals surface area contributed by atoms with Gasteiger partial charge in [0.1, 0.15) is 17.2 Å². The molecule has 41 heavy (non-hydrogen) atoms. The Kier molecular flexibility index (Phi) is 8.53. The van der Waals surface area contributed by atoms with E-state index in [4.69, 9.17) is 13.9 Å². The summed E-state index contributed by atoms with van der Waals surface area (Å²) in [4.78, 5) is 38.7. The third-order valence-electron chi connectivity index (χ3n) is 6.65. The summed E-state index contributed by atoms with van der Waals surface area (Å²) < 4.78 is 17.6. The summed E-state index contributed by atoms with van der Waals surface area (Å²) >= 11 is 0. The average molecular weight is 567 g/mol. The highest BCUT2D eigenvalue weighted by atomic mass is 16.6. The van der Waals surface area contributed by atoms with Crippen LogP contribution in [-0.4, -0.2) is 81.3 Å². The number of aromatic nitrogens is 1. The molecule has 1 aliphatic heterocycles. The highest BCUT2D eigenvalue weighted by molar-refractivity contribution is 5.83. The van der Waals surface area contributed by atoms with E-state index in [1.165, 1.54) is 4.57 Å². The number of nitrogens with one attached hydrogen (secondary N) is 1. The first-order chi connectivity index (χ1) is 19.3. The molecule has 3 atom stereocenters. The lowest BCUT2D eigenvalue weighted by molar-refractivity contribution is -0.137. The number of amides is 2. The van der Waals surface area contributed by atoms with Gasteiger partial charge in [0.15, 0.2) is 11.7 Å². The van der Waals surface area contributed by atoms with Crippen molar-refractivity contribution >= 4 is 23.1 Å². The molecule has 0 unspecified atom stereocenters. The maximum Gasteiger partial charge on any atom is 0.419 e. The number of carbonyl (C=O) groups is 2. The number of nitriles is 1. The highest BCUT2D eigenvalue weighted by Gasteiger charge is 2.40. The molecule has 1 fully saturated rings. The lowest BCUT2D eigenvalue weighted by Crippen LogP contribution is -2.51. The third kappa shape index (κ3) is 7.13. The number of ether oxygens (including phenoxy) is 2. The van der Waals surface area contributed by atoms with Gasteiger partial charge in [-0.2, -0.15) is 5.26 Å². The van der Waals surface area contributed by atoms with Gasteiger partial charge in [-0.15, -0.1) is 0 Å². The van der Waals surface area contributed by atoms with Crippen molar-refractivity contribution in [3.8, 4) is 17.2 Å². The number of hydrogen-bond donors (Lipinski definition) is 3. The molecule has 1 aliphatic rings. The van der Waals surface area contributed by atoms with Gasteiger partial charge < -0.3 is 34.3 Å². The molecule has 0 bridgehead atoms. The van der Waals surface area contributed by atoms with Crippen molar-refractivity contribution in [1.29, 1.82) is 5.26 Å². The zero-order valence-electron chi connectivity index (χ0n) is 23.4. The molecular weight excluding hydrogens is 532 g/mol. The lowest BCUT2D eigenvalue weighted by Gasteiger charge is -2.31. The van der Waals surface area contributed by atoms with Gasteiger partial charge in [0.2, 0.25) is 0 Å². The fourth-order valence-corrected chi connectivity index (χ4v) is 4.46. The summed E-state index contributed by atoms with van der Waals surface area (Å²) in [5.41, 5.74) is 1.15. The van der Waals surface area contributed by atoms with Crippen molar-refractivity contribution in [2.75, 3.05) is 26.3 Å². The van der Waals surface area contributed by atoms with Gasteiger partial charge in [-0.1, -0.05) is 30.3 Å². The van der Waals surface area contributed by atoms with Crippen LogP contribution in [0.4, 0.5) is 4.79 Å². The number of nitrogens with zero attached hydrogens (tertiary/aromatic N) is 3. The van der Waals surface area contributed by atoms with Crippen molar-refractivity contribution in [2.45, 2.75) is 50.5 Å². The number of rotatable bonds is 6. The number of benzene rings is 2. The van der Waals surface area contributed by atoms with Gasteiger partial charge in [0.25, 0.3) is 5.91 Å². The van der Waals surface area contributed by atoms with E-state index in [1.54, 1.807) is 33.9 Å². The van der Waals surface area contributed by atoms with E-state index in [2.05, 4.69) is 11.4 Å². The number of hydrogen-bond acceptors (Lipinski definition) is 9. The van der Waals surface area contributed by atoms with Crippen LogP contribution >= 0.6 is 0 Å². The van der Waals surface area contributed by atoms with Crippen LogP contribution in [0.2, 0.25) is 0 Å². The molecule has 0 spiro atoms. The average Bonchev–Trinajstić information content (AvgIpc) is 3.09. The van der Waals surface area contributed by atoms with Crippen LogP contribution in [0.25, 0.3) is 22.2 Å². The van der Waals surface area contributed by atoms with E-state index >= 15 is 0 Å². The van der Waals surface area contributed by atoms with Crippen LogP contribution in [0.1, 0.15) is 26.3 Å². The quantitative estimate of drug-likeness (QED) is 0.402. The minimum Gasteiger partial charge on any atom is -0.444 e. The van der Waals surface area contributed by atoms with E-state index in [0.29, 0.717) is 11.1 Å². The third-order valence-corrected chi connectivity index (χ3v) is 6.65. The minimum atomic E-state index is -1.78. The number of oxazole rings is 1. The molecule has 2 amide bonds. The smallest absolute Gasteiger partial charge is 0.419 e. The van der Waals surface area contributed by atoms with Gasteiger partial charge in [-0.3, -0.25) is 9.36 Å². The molecule has 12 nitrogen and oxygen atoms in total. The Morgan fingerprint density at radius 3 is 2.54 bits per heavy atom. The highest BCUT2D eigenvalue weighted by Crippen LogP contribution is 2.25. The second kappa shape index (κ2) is 11.7.